The lowest BCUT2D eigenvalue weighted by atomic mass is 9.87. The highest BCUT2D eigenvalue weighted by molar-refractivity contribution is 5.96. The Labute approximate surface area is 121 Å². The molecule has 4 heteroatoms. The second-order valence-electron chi connectivity index (χ2n) is 5.92. The first-order valence-electron chi connectivity index (χ1n) is 6.88. The molecule has 0 fully saturated rings. The molecule has 0 spiro atoms. The van der Waals surface area contributed by atoms with Gasteiger partial charge in [-0.05, 0) is 30.0 Å². The van der Waals surface area contributed by atoms with Crippen molar-refractivity contribution in [1.82, 2.24) is 10.2 Å². The van der Waals surface area contributed by atoms with Crippen LogP contribution in [0, 0.1) is 0 Å². The molecular weight excluding hydrogens is 252 g/mol. The first-order chi connectivity index (χ1) is 9.25. The van der Waals surface area contributed by atoms with Gasteiger partial charge in [-0.1, -0.05) is 32.9 Å². The van der Waals surface area contributed by atoms with E-state index >= 15 is 0 Å². The Balaban J connectivity index is 2.63. The maximum atomic E-state index is 11.9. The maximum Gasteiger partial charge on any atom is 0.251 e. The van der Waals surface area contributed by atoms with Crippen molar-refractivity contribution in [3.8, 4) is 0 Å². The minimum Gasteiger partial charge on any atom is -0.345 e. The first-order valence-corrected chi connectivity index (χ1v) is 6.88. The summed E-state index contributed by atoms with van der Waals surface area (Å²) in [6.45, 7) is 8.94. The average molecular weight is 276 g/mol. The van der Waals surface area contributed by atoms with E-state index in [1.807, 2.05) is 19.1 Å². The number of hydrogen-bond donors (Lipinski definition) is 1. The summed E-state index contributed by atoms with van der Waals surface area (Å²) in [4.78, 5) is 25.1. The standard InChI is InChI=1S/C16H24N2O2/c1-6-18(5)14(19)11-17-15(20)12-7-9-13(10-8-12)16(2,3)4/h7-10H,6,11H2,1-5H3,(H,17,20). The number of carbonyl (C=O) groups excluding carboxylic acids is 2. The summed E-state index contributed by atoms with van der Waals surface area (Å²) < 4.78 is 0. The highest BCUT2D eigenvalue weighted by Crippen LogP contribution is 2.22. The van der Waals surface area contributed by atoms with Gasteiger partial charge in [0.15, 0.2) is 0 Å². The Bertz CT molecular complexity index is 472. The fraction of sp³-hybridized carbons (Fsp3) is 0.500. The van der Waals surface area contributed by atoms with Crippen LogP contribution in [-0.2, 0) is 10.2 Å². The van der Waals surface area contributed by atoms with E-state index < -0.39 is 0 Å². The van der Waals surface area contributed by atoms with Gasteiger partial charge in [-0.2, -0.15) is 0 Å². The van der Waals surface area contributed by atoms with Gasteiger partial charge in [0, 0.05) is 19.2 Å². The van der Waals surface area contributed by atoms with E-state index in [1.54, 1.807) is 24.1 Å². The molecule has 0 unspecified atom stereocenters. The normalized spacial score (nSPS) is 11.1. The molecule has 0 saturated heterocycles. The van der Waals surface area contributed by atoms with Crippen molar-refractivity contribution in [3.05, 3.63) is 35.4 Å². The van der Waals surface area contributed by atoms with Crippen molar-refractivity contribution in [2.45, 2.75) is 33.1 Å². The van der Waals surface area contributed by atoms with Gasteiger partial charge in [0.2, 0.25) is 5.91 Å². The molecule has 0 aliphatic heterocycles. The lowest BCUT2D eigenvalue weighted by Gasteiger charge is -2.19. The summed E-state index contributed by atoms with van der Waals surface area (Å²) in [5.41, 5.74) is 1.82. The largest absolute Gasteiger partial charge is 0.345 e. The van der Waals surface area contributed by atoms with Crippen molar-refractivity contribution in [3.63, 3.8) is 0 Å². The summed E-state index contributed by atoms with van der Waals surface area (Å²) in [6.07, 6.45) is 0. The van der Waals surface area contributed by atoms with E-state index in [1.165, 1.54) is 5.56 Å². The van der Waals surface area contributed by atoms with Crippen molar-refractivity contribution in [1.29, 1.82) is 0 Å². The van der Waals surface area contributed by atoms with Crippen LogP contribution in [0.3, 0.4) is 0 Å². The molecule has 20 heavy (non-hydrogen) atoms. The van der Waals surface area contributed by atoms with Crippen molar-refractivity contribution in [2.24, 2.45) is 0 Å². The van der Waals surface area contributed by atoms with Crippen LogP contribution in [0.15, 0.2) is 24.3 Å². The molecule has 0 heterocycles. The number of likely N-dealkylation sites (N-methyl/N-ethyl adjacent to an activating group) is 1. The van der Waals surface area contributed by atoms with E-state index in [-0.39, 0.29) is 23.8 Å². The van der Waals surface area contributed by atoms with Gasteiger partial charge in [0.1, 0.15) is 0 Å². The number of hydrogen-bond acceptors (Lipinski definition) is 2. The quantitative estimate of drug-likeness (QED) is 0.916. The monoisotopic (exact) mass is 276 g/mol. The maximum absolute atomic E-state index is 11.9. The first kappa shape index (κ1) is 16.2. The predicted octanol–water partition coefficient (Wildman–Crippen LogP) is 2.19. The molecule has 0 aliphatic rings. The Morgan fingerprint density at radius 3 is 2.15 bits per heavy atom. The molecule has 0 bridgehead atoms. The van der Waals surface area contributed by atoms with E-state index in [9.17, 15) is 9.59 Å². The number of benzene rings is 1. The Morgan fingerprint density at radius 1 is 1.15 bits per heavy atom. The van der Waals surface area contributed by atoms with Crippen molar-refractivity contribution < 1.29 is 9.59 Å². The van der Waals surface area contributed by atoms with Crippen molar-refractivity contribution >= 4 is 11.8 Å². The van der Waals surface area contributed by atoms with Crippen molar-refractivity contribution in [2.75, 3.05) is 20.1 Å². The molecule has 1 aromatic rings. The number of rotatable bonds is 4. The fourth-order valence-corrected chi connectivity index (χ4v) is 1.69. The Hall–Kier alpha value is -1.84. The predicted molar refractivity (Wildman–Crippen MR) is 80.8 cm³/mol. The second-order valence-corrected chi connectivity index (χ2v) is 5.92. The zero-order chi connectivity index (χ0) is 15.3. The molecule has 0 saturated carbocycles. The minimum atomic E-state index is -0.219. The number of nitrogens with one attached hydrogen (secondary N) is 1. The van der Waals surface area contributed by atoms with E-state index in [4.69, 9.17) is 0 Å². The summed E-state index contributed by atoms with van der Waals surface area (Å²) >= 11 is 0. The molecule has 0 aliphatic carbocycles. The molecule has 2 amide bonds. The molecule has 1 aromatic carbocycles. The summed E-state index contributed by atoms with van der Waals surface area (Å²) in [5.74, 6) is -0.310. The van der Waals surface area contributed by atoms with E-state index in [0.717, 1.165) is 0 Å². The minimum absolute atomic E-state index is 0.0319. The lowest BCUT2D eigenvalue weighted by molar-refractivity contribution is -0.128. The van der Waals surface area contributed by atoms with Gasteiger partial charge in [0.25, 0.3) is 5.91 Å². The smallest absolute Gasteiger partial charge is 0.251 e. The van der Waals surface area contributed by atoms with Crippen LogP contribution >= 0.6 is 0 Å². The van der Waals surface area contributed by atoms with Crippen LogP contribution in [0.2, 0.25) is 0 Å². The summed E-state index contributed by atoms with van der Waals surface area (Å²) in [6, 6.07) is 7.50. The molecular formula is C16H24N2O2. The zero-order valence-electron chi connectivity index (χ0n) is 13.0. The van der Waals surface area contributed by atoms with E-state index in [0.29, 0.717) is 12.1 Å². The third-order valence-electron chi connectivity index (χ3n) is 3.31. The lowest BCUT2D eigenvalue weighted by Crippen LogP contribution is -2.38. The molecule has 4 nitrogen and oxygen atoms in total. The highest BCUT2D eigenvalue weighted by atomic mass is 16.2. The molecule has 0 atom stereocenters. The average Bonchev–Trinajstić information content (AvgIpc) is 2.42. The topological polar surface area (TPSA) is 49.4 Å². The molecule has 0 radical (unpaired) electrons. The second kappa shape index (κ2) is 6.55. The Kier molecular flexibility index (Phi) is 5.31. The number of carbonyl (C=O) groups is 2. The fourth-order valence-electron chi connectivity index (χ4n) is 1.69. The van der Waals surface area contributed by atoms with Crippen LogP contribution in [0.1, 0.15) is 43.6 Å². The number of amides is 2. The third kappa shape index (κ3) is 4.37. The van der Waals surface area contributed by atoms with Crippen LogP contribution in [0.5, 0.6) is 0 Å². The SMILES string of the molecule is CCN(C)C(=O)CNC(=O)c1ccc(C(C)(C)C)cc1. The molecule has 110 valence electrons. The van der Waals surface area contributed by atoms with Gasteiger partial charge < -0.3 is 10.2 Å². The van der Waals surface area contributed by atoms with Crippen LogP contribution < -0.4 is 5.32 Å². The van der Waals surface area contributed by atoms with Crippen LogP contribution in [0.4, 0.5) is 0 Å². The Morgan fingerprint density at radius 2 is 1.70 bits per heavy atom. The zero-order valence-corrected chi connectivity index (χ0v) is 13.0. The van der Waals surface area contributed by atoms with E-state index in [2.05, 4.69) is 26.1 Å². The van der Waals surface area contributed by atoms with Gasteiger partial charge in [0.05, 0.1) is 6.54 Å². The summed E-state index contributed by atoms with van der Waals surface area (Å²) in [7, 11) is 1.71. The molecule has 0 aromatic heterocycles. The summed E-state index contributed by atoms with van der Waals surface area (Å²) in [5, 5.41) is 2.64. The van der Waals surface area contributed by atoms with Crippen LogP contribution in [-0.4, -0.2) is 36.9 Å². The van der Waals surface area contributed by atoms with Gasteiger partial charge in [-0.15, -0.1) is 0 Å². The van der Waals surface area contributed by atoms with Gasteiger partial charge in [-0.25, -0.2) is 0 Å². The number of nitrogens with zero attached hydrogens (tertiary/aromatic N) is 1. The highest BCUT2D eigenvalue weighted by Gasteiger charge is 2.15. The van der Waals surface area contributed by atoms with Crippen LogP contribution in [0.25, 0.3) is 0 Å². The van der Waals surface area contributed by atoms with Gasteiger partial charge >= 0.3 is 0 Å². The molecule has 1 rings (SSSR count). The third-order valence-corrected chi connectivity index (χ3v) is 3.31. The molecule has 1 N–H and O–H groups in total. The van der Waals surface area contributed by atoms with Gasteiger partial charge in [-0.3, -0.25) is 9.59 Å².